The molecular weight excluding hydrogens is 719 g/mol. The van der Waals surface area contributed by atoms with E-state index < -0.39 is 0 Å². The number of thiazole rings is 1. The van der Waals surface area contributed by atoms with Crippen LogP contribution in [0.25, 0.3) is 117 Å². The Hall–Kier alpha value is -6.79. The third kappa shape index (κ3) is 4.13. The zero-order valence-corrected chi connectivity index (χ0v) is 31.5. The van der Waals surface area contributed by atoms with E-state index >= 15 is 0 Å². The Morgan fingerprint density at radius 3 is 1.80 bits per heavy atom. The maximum absolute atomic E-state index is 5.58. The molecule has 0 bridgehead atoms. The Labute approximate surface area is 328 Å². The van der Waals surface area contributed by atoms with E-state index in [0.29, 0.717) is 0 Å². The first kappa shape index (κ1) is 30.5. The number of fused-ring (bicyclic) bond motifs is 14. The van der Waals surface area contributed by atoms with Gasteiger partial charge in [0.1, 0.15) is 0 Å². The summed E-state index contributed by atoms with van der Waals surface area (Å²) >= 11 is 3.66. The van der Waals surface area contributed by atoms with Crippen LogP contribution in [0.5, 0.6) is 0 Å². The first-order valence-corrected chi connectivity index (χ1v) is 20.6. The second kappa shape index (κ2) is 11.4. The monoisotopic (exact) mass is 747 g/mol. The van der Waals surface area contributed by atoms with E-state index in [1.807, 2.05) is 11.3 Å². The first-order chi connectivity index (χ1) is 27.8. The summed E-state index contributed by atoms with van der Waals surface area (Å²) in [6.07, 6.45) is 0. The lowest BCUT2D eigenvalue weighted by Crippen LogP contribution is -1.95. The van der Waals surface area contributed by atoms with Crippen molar-refractivity contribution in [2.24, 2.45) is 0 Å². The summed E-state index contributed by atoms with van der Waals surface area (Å²) in [6, 6.07) is 64.4. The highest BCUT2D eigenvalue weighted by Gasteiger charge is 2.22. The van der Waals surface area contributed by atoms with Crippen LogP contribution in [0.3, 0.4) is 0 Å². The van der Waals surface area contributed by atoms with Gasteiger partial charge in [-0.05, 0) is 81.7 Å². The average molecular weight is 748 g/mol. The third-order valence-electron chi connectivity index (χ3n) is 11.7. The van der Waals surface area contributed by atoms with Crippen molar-refractivity contribution in [1.29, 1.82) is 0 Å². The predicted octanol–water partition coefficient (Wildman–Crippen LogP) is 14.8. The van der Waals surface area contributed by atoms with Gasteiger partial charge in [-0.2, -0.15) is 0 Å². The molecule has 56 heavy (non-hydrogen) atoms. The highest BCUT2D eigenvalue weighted by molar-refractivity contribution is 7.27. The number of rotatable bonds is 3. The molecule has 0 fully saturated rings. The molecule has 13 rings (SSSR count). The highest BCUT2D eigenvalue weighted by Crippen LogP contribution is 2.47. The summed E-state index contributed by atoms with van der Waals surface area (Å²) in [5, 5.41) is 13.6. The summed E-state index contributed by atoms with van der Waals surface area (Å²) in [5.41, 5.74) is 9.50. The van der Waals surface area contributed by atoms with Crippen molar-refractivity contribution in [3.8, 4) is 21.9 Å². The van der Waals surface area contributed by atoms with Crippen molar-refractivity contribution in [3.05, 3.63) is 176 Å². The fourth-order valence-corrected chi connectivity index (χ4v) is 11.6. The van der Waals surface area contributed by atoms with Crippen LogP contribution < -0.4 is 0 Å². The Kier molecular flexibility index (Phi) is 6.20. The normalized spacial score (nSPS) is 12.3. The van der Waals surface area contributed by atoms with E-state index in [4.69, 9.17) is 4.98 Å². The topological polar surface area (TPSA) is 22.8 Å². The Balaban J connectivity index is 1.08. The van der Waals surface area contributed by atoms with Gasteiger partial charge in [-0.15, -0.1) is 11.3 Å². The second-order valence-corrected chi connectivity index (χ2v) is 16.7. The molecule has 0 aliphatic rings. The van der Waals surface area contributed by atoms with Gasteiger partial charge in [0.25, 0.3) is 0 Å². The van der Waals surface area contributed by atoms with Crippen LogP contribution in [0.4, 0.5) is 0 Å². The van der Waals surface area contributed by atoms with Gasteiger partial charge in [0.15, 0.2) is 5.13 Å². The zero-order chi connectivity index (χ0) is 36.5. The van der Waals surface area contributed by atoms with Gasteiger partial charge in [-0.3, -0.25) is 4.57 Å². The summed E-state index contributed by atoms with van der Waals surface area (Å²) in [7, 11) is 0. The zero-order valence-electron chi connectivity index (χ0n) is 29.9. The van der Waals surface area contributed by atoms with E-state index in [-0.39, 0.29) is 0 Å². The Bertz CT molecular complexity index is 3770. The van der Waals surface area contributed by atoms with E-state index in [2.05, 4.69) is 185 Å². The SMILES string of the molecule is c1ccc(-n2c3ccccc3c3cc4c5ccccc5n(-c5nc6c(ccc7sc8c(-c9cc%10ccccc%10c%10ccccc9%10)cccc8c76)s5)c4cc32)cc1. The number of nitrogens with zero attached hydrogens (tertiary/aromatic N) is 3. The summed E-state index contributed by atoms with van der Waals surface area (Å²) in [4.78, 5) is 5.58. The van der Waals surface area contributed by atoms with Gasteiger partial charge in [-0.25, -0.2) is 4.98 Å². The fourth-order valence-electron chi connectivity index (χ4n) is 9.34. The highest BCUT2D eigenvalue weighted by atomic mass is 32.1. The van der Waals surface area contributed by atoms with Crippen molar-refractivity contribution in [1.82, 2.24) is 14.1 Å². The molecular formula is C51H29N3S2. The molecule has 9 aromatic carbocycles. The fraction of sp³-hybridized carbons (Fsp3) is 0. The average Bonchev–Trinajstić information content (AvgIpc) is 4.02. The summed E-state index contributed by atoms with van der Waals surface area (Å²) < 4.78 is 8.56. The molecule has 0 saturated heterocycles. The Morgan fingerprint density at radius 1 is 0.375 bits per heavy atom. The van der Waals surface area contributed by atoms with Gasteiger partial charge in [0.2, 0.25) is 0 Å². The molecule has 0 atom stereocenters. The molecule has 13 aromatic rings. The standard InChI is InChI=1S/C51H29N3S2/c1-2-14-31(15-3-1)53-42-23-10-8-19-35(42)40-28-41-36-20-9-11-24-43(36)54(45(41)29-44(40)53)51-52-49-47(56-51)26-25-46-48(49)38-22-12-21-37(50(38)55-46)39-27-30-13-4-5-16-32(30)33-17-6-7-18-34(33)39/h1-29H. The molecule has 0 saturated carbocycles. The number of para-hydroxylation sites is 3. The molecule has 0 spiro atoms. The van der Waals surface area contributed by atoms with Crippen molar-refractivity contribution < 1.29 is 0 Å². The minimum Gasteiger partial charge on any atom is -0.309 e. The second-order valence-electron chi connectivity index (χ2n) is 14.7. The van der Waals surface area contributed by atoms with Crippen LogP contribution in [0.2, 0.25) is 0 Å². The number of benzene rings is 9. The molecule has 4 aromatic heterocycles. The van der Waals surface area contributed by atoms with Crippen molar-refractivity contribution in [2.45, 2.75) is 0 Å². The Morgan fingerprint density at radius 2 is 1.00 bits per heavy atom. The van der Waals surface area contributed by atoms with Crippen molar-refractivity contribution in [2.75, 3.05) is 0 Å². The van der Waals surface area contributed by atoms with E-state index in [9.17, 15) is 0 Å². The van der Waals surface area contributed by atoms with Crippen molar-refractivity contribution in [3.63, 3.8) is 0 Å². The van der Waals surface area contributed by atoms with Gasteiger partial charge in [0, 0.05) is 53.0 Å². The van der Waals surface area contributed by atoms with Crippen LogP contribution in [0, 0.1) is 0 Å². The van der Waals surface area contributed by atoms with Crippen LogP contribution in [0.1, 0.15) is 0 Å². The lowest BCUT2D eigenvalue weighted by molar-refractivity contribution is 1.14. The molecule has 3 nitrogen and oxygen atoms in total. The van der Waals surface area contributed by atoms with Crippen molar-refractivity contribution >= 4 is 118 Å². The van der Waals surface area contributed by atoms with E-state index in [0.717, 1.165) is 21.9 Å². The maximum Gasteiger partial charge on any atom is 0.195 e. The van der Waals surface area contributed by atoms with Gasteiger partial charge in [0.05, 0.1) is 32.3 Å². The molecule has 5 heteroatoms. The maximum atomic E-state index is 5.58. The number of hydrogen-bond acceptors (Lipinski definition) is 3. The molecule has 4 heterocycles. The first-order valence-electron chi connectivity index (χ1n) is 19.0. The molecule has 0 N–H and O–H groups in total. The number of aromatic nitrogens is 3. The van der Waals surface area contributed by atoms with E-state index in [1.165, 1.54) is 95.6 Å². The number of thiophene rings is 1. The summed E-state index contributed by atoms with van der Waals surface area (Å²) in [5.74, 6) is 0. The van der Waals surface area contributed by atoms with Gasteiger partial charge < -0.3 is 4.57 Å². The largest absolute Gasteiger partial charge is 0.309 e. The predicted molar refractivity (Wildman–Crippen MR) is 242 cm³/mol. The smallest absolute Gasteiger partial charge is 0.195 e. The minimum absolute atomic E-state index is 0.983. The quantitative estimate of drug-likeness (QED) is 0.165. The van der Waals surface area contributed by atoms with Gasteiger partial charge >= 0.3 is 0 Å². The molecule has 0 aliphatic carbocycles. The molecule has 0 radical (unpaired) electrons. The van der Waals surface area contributed by atoms with Crippen LogP contribution in [-0.2, 0) is 0 Å². The van der Waals surface area contributed by atoms with Gasteiger partial charge in [-0.1, -0.05) is 133 Å². The van der Waals surface area contributed by atoms with Crippen LogP contribution >= 0.6 is 22.7 Å². The molecule has 0 aliphatic heterocycles. The molecule has 0 amide bonds. The summed E-state index contributed by atoms with van der Waals surface area (Å²) in [6.45, 7) is 0. The van der Waals surface area contributed by atoms with Crippen LogP contribution in [0.15, 0.2) is 176 Å². The van der Waals surface area contributed by atoms with Crippen LogP contribution in [-0.4, -0.2) is 14.1 Å². The lowest BCUT2D eigenvalue weighted by atomic mass is 9.92. The lowest BCUT2D eigenvalue weighted by Gasteiger charge is -2.12. The number of hydrogen-bond donors (Lipinski definition) is 0. The van der Waals surface area contributed by atoms with E-state index in [1.54, 1.807) is 11.3 Å². The third-order valence-corrected chi connectivity index (χ3v) is 13.9. The molecule has 0 unspecified atom stereocenters. The minimum atomic E-state index is 0.983. The molecule has 260 valence electrons.